The van der Waals surface area contributed by atoms with Crippen LogP contribution in [0.3, 0.4) is 0 Å². The van der Waals surface area contributed by atoms with Gasteiger partial charge in [0, 0.05) is 40.5 Å². The Hall–Kier alpha value is -5.80. The smallest absolute Gasteiger partial charge is 0.328 e. The van der Waals surface area contributed by atoms with E-state index in [1.165, 1.54) is 58.7 Å². The zero-order chi connectivity index (χ0) is 55.1. The summed E-state index contributed by atoms with van der Waals surface area (Å²) in [5, 5.41) is 22.2. The predicted octanol–water partition coefficient (Wildman–Crippen LogP) is 0.482. The monoisotopic (exact) mass is 1140 g/mol. The highest BCUT2D eigenvalue weighted by molar-refractivity contribution is 7.57. The van der Waals surface area contributed by atoms with Crippen LogP contribution in [-0.4, -0.2) is 196 Å². The standard InChI is InChI=1S/C40H54N15O19P3/c1-18(56)63-16-65-28-21(8-67-75(3,4)60)71-39(54-14-51-24-33(42)45-11-48-36(24)54)30(28)74-77(6,62)69-9-22-29(66-17-64-19(2)57)31(40(72-22)55-15-52-25-34(43)46-12-49-37(25)55)73-76(5,61)68-7-20-26(58)27(59)38(70-20)53-13-50-23-32(41)44-10-47-35(23)53/h10-15,20-22,26-31,38-40,58-59H,7-9,16-17H2,1-6H3,(H2,41,44,47)(H2,42,45,48)(H2,43,46,49)/t20-,21-,22-,26?,27?,28?,29?,30?,31?,38-,39-,40-,76?,77?/m1/s1. The zero-order valence-electron chi connectivity index (χ0n) is 41.7. The molecule has 8 N–H and O–H groups in total. The Kier molecular flexibility index (Phi) is 16.4. The first-order valence-corrected chi connectivity index (χ1v) is 29.6. The Balaban J connectivity index is 0.991. The van der Waals surface area contributed by atoms with Crippen LogP contribution >= 0.6 is 22.6 Å². The van der Waals surface area contributed by atoms with Crippen molar-refractivity contribution in [3.8, 4) is 0 Å². The second kappa shape index (κ2) is 22.5. The summed E-state index contributed by atoms with van der Waals surface area (Å²) < 4.78 is 118. The molecule has 3 fully saturated rings. The molecule has 77 heavy (non-hydrogen) atoms. The lowest BCUT2D eigenvalue weighted by Gasteiger charge is -2.29. The number of ether oxygens (including phenoxy) is 7. The molecule has 14 atom stereocenters. The first-order chi connectivity index (χ1) is 36.5. The Morgan fingerprint density at radius 3 is 1.29 bits per heavy atom. The van der Waals surface area contributed by atoms with E-state index < -0.39 is 135 Å². The van der Waals surface area contributed by atoms with Crippen LogP contribution in [0.5, 0.6) is 0 Å². The molecule has 34 nitrogen and oxygen atoms in total. The highest BCUT2D eigenvalue weighted by Gasteiger charge is 2.54. The SMILES string of the molecule is CC(=O)OCOC1C(OP(C)(=O)OC[C@H]2O[C@@H](n3cnc4c(N)ncnc43)C(OP(C)(=O)OC[C@H]3O[C@@H](n4cnc5c(N)ncnc54)C(O)C3O)C2OCOC(C)=O)[C@H](n2cnc3c(N)ncnc32)O[C@@H]1COP(C)(C)=O. The molecule has 3 aliphatic heterocycles. The molecule has 0 radical (unpaired) electrons. The number of esters is 2. The molecular formula is C40H54N15O19P3. The molecule has 0 spiro atoms. The molecule has 0 aliphatic carbocycles. The quantitative estimate of drug-likeness (QED) is 0.0351. The minimum absolute atomic E-state index is 0.00770. The van der Waals surface area contributed by atoms with Crippen molar-refractivity contribution in [1.29, 1.82) is 0 Å². The van der Waals surface area contributed by atoms with E-state index in [9.17, 15) is 33.5 Å². The normalized spacial score (nSPS) is 28.3. The van der Waals surface area contributed by atoms with Crippen molar-refractivity contribution in [2.45, 2.75) is 87.5 Å². The molecule has 9 heterocycles. The summed E-state index contributed by atoms with van der Waals surface area (Å²) in [6, 6.07) is 0. The first kappa shape index (κ1) is 55.9. The van der Waals surface area contributed by atoms with Gasteiger partial charge in [0.15, 0.2) is 74.0 Å². The molecule has 6 aromatic heterocycles. The van der Waals surface area contributed by atoms with Gasteiger partial charge in [-0.2, -0.15) is 0 Å². The van der Waals surface area contributed by atoms with E-state index in [2.05, 4.69) is 44.9 Å². The van der Waals surface area contributed by atoms with Crippen molar-refractivity contribution in [3.63, 3.8) is 0 Å². The number of anilines is 3. The average molecular weight is 1140 g/mol. The predicted molar refractivity (Wildman–Crippen MR) is 260 cm³/mol. The van der Waals surface area contributed by atoms with Crippen molar-refractivity contribution in [3.05, 3.63) is 38.0 Å². The minimum atomic E-state index is -4.43. The maximum absolute atomic E-state index is 14.8. The number of nitrogens with two attached hydrogens (primary N) is 3. The lowest BCUT2D eigenvalue weighted by molar-refractivity contribution is -0.167. The number of aliphatic hydroxyl groups is 2. The topological polar surface area (TPSA) is 445 Å². The molecule has 418 valence electrons. The van der Waals surface area contributed by atoms with Gasteiger partial charge >= 0.3 is 27.1 Å². The van der Waals surface area contributed by atoms with Crippen LogP contribution < -0.4 is 17.2 Å². The molecule has 9 rings (SSSR count). The minimum Gasteiger partial charge on any atom is -0.439 e. The van der Waals surface area contributed by atoms with Crippen molar-refractivity contribution in [2.24, 2.45) is 0 Å². The van der Waals surface area contributed by atoms with Gasteiger partial charge in [-0.3, -0.25) is 46.0 Å². The summed E-state index contributed by atoms with van der Waals surface area (Å²) in [5.74, 6) is -1.35. The summed E-state index contributed by atoms with van der Waals surface area (Å²) in [6.07, 6.45) is -9.14. The Morgan fingerprint density at radius 1 is 0.532 bits per heavy atom. The first-order valence-electron chi connectivity index (χ1n) is 23.1. The van der Waals surface area contributed by atoms with Crippen molar-refractivity contribution in [2.75, 3.05) is 77.3 Å². The van der Waals surface area contributed by atoms with Crippen LogP contribution in [0, 0.1) is 0 Å². The van der Waals surface area contributed by atoms with Gasteiger partial charge in [0.05, 0.1) is 38.8 Å². The van der Waals surface area contributed by atoms with Crippen LogP contribution in [-0.2, 0) is 79.1 Å². The number of fused-ring (bicyclic) bond motifs is 3. The molecule has 0 saturated carbocycles. The third kappa shape index (κ3) is 12.3. The molecule has 3 saturated heterocycles. The van der Waals surface area contributed by atoms with Gasteiger partial charge in [-0.15, -0.1) is 0 Å². The maximum atomic E-state index is 14.8. The van der Waals surface area contributed by atoms with E-state index >= 15 is 0 Å². The maximum Gasteiger partial charge on any atom is 0.328 e. The third-order valence-corrected chi connectivity index (χ3v) is 15.3. The van der Waals surface area contributed by atoms with Crippen LogP contribution in [0.1, 0.15) is 32.5 Å². The fourth-order valence-electron chi connectivity index (χ4n) is 8.59. The molecule has 0 aromatic carbocycles. The molecule has 8 unspecified atom stereocenters. The van der Waals surface area contributed by atoms with E-state index in [4.69, 9.17) is 73.0 Å². The summed E-state index contributed by atoms with van der Waals surface area (Å²) in [4.78, 5) is 61.4. The lowest BCUT2D eigenvalue weighted by Crippen LogP contribution is -2.40. The Morgan fingerprint density at radius 2 is 0.896 bits per heavy atom. The van der Waals surface area contributed by atoms with Gasteiger partial charge < -0.3 is 74.1 Å². The van der Waals surface area contributed by atoms with Crippen LogP contribution in [0.2, 0.25) is 0 Å². The van der Waals surface area contributed by atoms with Gasteiger partial charge in [-0.25, -0.2) is 44.9 Å². The Labute approximate surface area is 435 Å². The van der Waals surface area contributed by atoms with Gasteiger partial charge in [0.1, 0.15) is 90.5 Å². The molecule has 37 heteroatoms. The van der Waals surface area contributed by atoms with E-state index in [1.54, 1.807) is 0 Å². The van der Waals surface area contributed by atoms with Crippen molar-refractivity contribution < 1.29 is 89.3 Å². The number of aromatic nitrogens is 12. The zero-order valence-corrected chi connectivity index (χ0v) is 44.4. The molecule has 0 amide bonds. The number of carbonyl (C=O) groups is 2. The fraction of sp³-hybridized carbons (Fsp3) is 0.575. The summed E-state index contributed by atoms with van der Waals surface area (Å²) in [6.45, 7) is 4.32. The van der Waals surface area contributed by atoms with Gasteiger partial charge in [-0.1, -0.05) is 0 Å². The van der Waals surface area contributed by atoms with E-state index in [0.29, 0.717) is 0 Å². The number of hydrogen-bond donors (Lipinski definition) is 5. The summed E-state index contributed by atoms with van der Waals surface area (Å²) >= 11 is 0. The lowest BCUT2D eigenvalue weighted by atomic mass is 10.1. The fourth-order valence-corrected chi connectivity index (χ4v) is 11.4. The van der Waals surface area contributed by atoms with Gasteiger partial charge in [0.25, 0.3) is 0 Å². The highest BCUT2D eigenvalue weighted by atomic mass is 31.2. The number of imidazole rings is 3. The highest BCUT2D eigenvalue weighted by Crippen LogP contribution is 2.54. The number of nitrogens with zero attached hydrogens (tertiary/aromatic N) is 12. The summed E-state index contributed by atoms with van der Waals surface area (Å²) in [5.41, 5.74) is 19.2. The Bertz CT molecular complexity index is 3270. The van der Waals surface area contributed by atoms with Crippen LogP contribution in [0.25, 0.3) is 33.5 Å². The summed E-state index contributed by atoms with van der Waals surface area (Å²) in [7, 11) is -12.0. The van der Waals surface area contributed by atoms with Crippen LogP contribution in [0.4, 0.5) is 17.5 Å². The number of rotatable bonds is 22. The molecule has 3 aliphatic rings. The van der Waals surface area contributed by atoms with Gasteiger partial charge in [-0.05, 0) is 0 Å². The number of hydrogen-bond acceptors (Lipinski definition) is 31. The van der Waals surface area contributed by atoms with Crippen molar-refractivity contribution in [1.82, 2.24) is 58.6 Å². The van der Waals surface area contributed by atoms with E-state index in [0.717, 1.165) is 33.5 Å². The molecular weight excluding hydrogens is 1090 g/mol. The third-order valence-electron chi connectivity index (χ3n) is 12.1. The number of aliphatic hydroxyl groups excluding tert-OH is 2. The molecule has 0 bridgehead atoms. The van der Waals surface area contributed by atoms with Gasteiger partial charge in [0.2, 0.25) is 0 Å². The van der Waals surface area contributed by atoms with Crippen molar-refractivity contribution >= 4 is 85.4 Å². The van der Waals surface area contributed by atoms with E-state index in [-0.39, 0.29) is 57.6 Å². The number of nitrogen functional groups attached to an aromatic ring is 3. The largest absolute Gasteiger partial charge is 0.439 e. The number of carbonyl (C=O) groups excluding carboxylic acids is 2. The average Bonchev–Trinajstić information content (AvgIpc) is 4.34. The van der Waals surface area contributed by atoms with Crippen LogP contribution in [0.15, 0.2) is 38.0 Å². The van der Waals surface area contributed by atoms with E-state index in [1.807, 2.05) is 0 Å². The second-order valence-corrected chi connectivity index (χ2v) is 24.8. The molecule has 6 aromatic rings. The second-order valence-electron chi connectivity index (χ2n) is 18.0.